The molecule has 0 spiro atoms. The van der Waals surface area contributed by atoms with Gasteiger partial charge in [-0.25, -0.2) is 0 Å². The van der Waals surface area contributed by atoms with Gasteiger partial charge in [-0.05, 0) is 76.8 Å². The number of ketones is 1. The van der Waals surface area contributed by atoms with E-state index in [2.05, 4.69) is 70.3 Å². The number of hydrogen-bond donors (Lipinski definition) is 1. The molecule has 1 atom stereocenters. The summed E-state index contributed by atoms with van der Waals surface area (Å²) < 4.78 is 0. The first kappa shape index (κ1) is 27.5. The monoisotopic (exact) mass is 407 g/mol. The van der Waals surface area contributed by atoms with E-state index in [1.165, 1.54) is 29.3 Å². The fourth-order valence-electron chi connectivity index (χ4n) is 3.94. The van der Waals surface area contributed by atoms with Crippen LogP contribution in [0.4, 0.5) is 0 Å². The van der Waals surface area contributed by atoms with E-state index in [1.807, 2.05) is 38.1 Å². The topological polar surface area (TPSA) is 43.1 Å². The zero-order valence-electron chi connectivity index (χ0n) is 20.3. The van der Waals surface area contributed by atoms with Crippen LogP contribution in [-0.2, 0) is 10.2 Å². The molecule has 0 bridgehead atoms. The van der Waals surface area contributed by atoms with E-state index in [-0.39, 0.29) is 5.78 Å². The molecular weight excluding hydrogens is 366 g/mol. The summed E-state index contributed by atoms with van der Waals surface area (Å²) in [4.78, 5) is 12.5. The molecule has 0 heterocycles. The van der Waals surface area contributed by atoms with Crippen LogP contribution in [0.5, 0.6) is 0 Å². The lowest BCUT2D eigenvalue weighted by atomic mass is 9.69. The van der Waals surface area contributed by atoms with Gasteiger partial charge in [-0.15, -0.1) is 0 Å². The maximum absolute atomic E-state index is 12.5. The Labute approximate surface area is 184 Å². The van der Waals surface area contributed by atoms with Crippen LogP contribution in [0.1, 0.15) is 62.8 Å². The lowest BCUT2D eigenvalue weighted by Gasteiger charge is -2.31. The van der Waals surface area contributed by atoms with Crippen LogP contribution in [-0.4, -0.2) is 12.8 Å². The molecule has 2 aromatic carbocycles. The van der Waals surface area contributed by atoms with Crippen LogP contribution >= 0.6 is 0 Å². The number of nitrogens with two attached hydrogens (primary N) is 1. The van der Waals surface area contributed by atoms with Crippen molar-refractivity contribution < 1.29 is 4.79 Å². The summed E-state index contributed by atoms with van der Waals surface area (Å²) in [5.41, 5.74) is 11.4. The average Bonchev–Trinajstić information content (AvgIpc) is 3.11. The van der Waals surface area contributed by atoms with Crippen LogP contribution in [0.3, 0.4) is 0 Å². The molecule has 0 fully saturated rings. The zero-order chi connectivity index (χ0) is 23.3. The summed E-state index contributed by atoms with van der Waals surface area (Å²) in [5, 5.41) is 0. The highest BCUT2D eigenvalue weighted by Crippen LogP contribution is 2.47. The van der Waals surface area contributed by atoms with Crippen LogP contribution in [0.25, 0.3) is 0 Å². The van der Waals surface area contributed by atoms with E-state index in [0.717, 1.165) is 24.0 Å². The minimum Gasteiger partial charge on any atom is -0.333 e. The molecule has 1 aliphatic rings. The largest absolute Gasteiger partial charge is 0.333 e. The van der Waals surface area contributed by atoms with Crippen LogP contribution in [0, 0.1) is 20.8 Å². The van der Waals surface area contributed by atoms with Gasteiger partial charge in [0.05, 0.1) is 5.41 Å². The third kappa shape index (κ3) is 6.27. The first-order valence-electron chi connectivity index (χ1n) is 10.8. The van der Waals surface area contributed by atoms with E-state index in [0.29, 0.717) is 0 Å². The van der Waals surface area contributed by atoms with E-state index >= 15 is 0 Å². The first-order chi connectivity index (χ1) is 14.3. The van der Waals surface area contributed by atoms with E-state index in [9.17, 15) is 4.79 Å². The fraction of sp³-hybridized carbons (Fsp3) is 0.393. The molecule has 0 unspecified atom stereocenters. The normalized spacial score (nSPS) is 16.8. The average molecular weight is 408 g/mol. The lowest BCUT2D eigenvalue weighted by molar-refractivity contribution is -0.121. The smallest absolute Gasteiger partial charge is 0.144 e. The minimum absolute atomic E-state index is 0.230. The second-order valence-electron chi connectivity index (χ2n) is 7.26. The van der Waals surface area contributed by atoms with Crippen molar-refractivity contribution in [3.63, 3.8) is 0 Å². The number of carbonyl (C=O) groups excluding carboxylic acids is 1. The predicted molar refractivity (Wildman–Crippen MR) is 133 cm³/mol. The predicted octanol–water partition coefficient (Wildman–Crippen LogP) is 7.02. The second kappa shape index (κ2) is 13.7. The first-order valence-corrected chi connectivity index (χ1v) is 10.8. The molecule has 0 saturated heterocycles. The number of hydrogen-bond acceptors (Lipinski definition) is 2. The second-order valence-corrected chi connectivity index (χ2v) is 7.26. The Morgan fingerprint density at radius 3 is 1.97 bits per heavy atom. The molecule has 3 rings (SSSR count). The molecule has 2 aromatic rings. The Morgan fingerprint density at radius 2 is 1.53 bits per heavy atom. The van der Waals surface area contributed by atoms with Gasteiger partial charge in [0.25, 0.3) is 0 Å². The molecule has 0 aliphatic heterocycles. The highest BCUT2D eigenvalue weighted by molar-refractivity contribution is 5.94. The standard InChI is InChI=1S/C18H22O.C7H8.C2H6.CH5N/c1-6-16-13(3)10-11-18(16,15(5)19)17-9-7-8-12(2)14(17)4;1-7-5-3-2-4-6-7;2*1-2/h6-9H,1,10-11H2,2-5H3;2-6H,1H3;1-2H3;2H2,1H3/t18-;;;/m0.../s1. The summed E-state index contributed by atoms with van der Waals surface area (Å²) in [7, 11) is 1.50. The molecule has 2 N–H and O–H groups in total. The van der Waals surface area contributed by atoms with Crippen LogP contribution < -0.4 is 5.73 Å². The van der Waals surface area contributed by atoms with E-state index in [4.69, 9.17) is 0 Å². The van der Waals surface area contributed by atoms with Crippen molar-refractivity contribution >= 4 is 5.78 Å². The van der Waals surface area contributed by atoms with Crippen LogP contribution in [0.15, 0.2) is 72.3 Å². The molecule has 2 nitrogen and oxygen atoms in total. The van der Waals surface area contributed by atoms with Crippen LogP contribution in [0.2, 0.25) is 0 Å². The Bertz CT molecular complexity index is 833. The highest BCUT2D eigenvalue weighted by atomic mass is 16.1. The maximum Gasteiger partial charge on any atom is 0.144 e. The number of allylic oxidation sites excluding steroid dienone is 3. The van der Waals surface area contributed by atoms with Crippen molar-refractivity contribution in [2.45, 2.75) is 66.7 Å². The van der Waals surface area contributed by atoms with Gasteiger partial charge in [0.15, 0.2) is 0 Å². The Kier molecular flexibility index (Phi) is 12.6. The summed E-state index contributed by atoms with van der Waals surface area (Å²) in [6, 6.07) is 16.5. The molecule has 2 heteroatoms. The summed E-state index contributed by atoms with van der Waals surface area (Å²) >= 11 is 0. The highest BCUT2D eigenvalue weighted by Gasteiger charge is 2.44. The van der Waals surface area contributed by atoms with Gasteiger partial charge in [0.2, 0.25) is 0 Å². The number of rotatable bonds is 3. The molecule has 0 amide bonds. The van der Waals surface area contributed by atoms with Gasteiger partial charge in [0, 0.05) is 0 Å². The molecule has 164 valence electrons. The van der Waals surface area contributed by atoms with Crippen molar-refractivity contribution in [2.24, 2.45) is 5.73 Å². The van der Waals surface area contributed by atoms with Gasteiger partial charge < -0.3 is 5.73 Å². The maximum atomic E-state index is 12.5. The Hall–Kier alpha value is -2.45. The Balaban J connectivity index is 0.000000636. The molecule has 30 heavy (non-hydrogen) atoms. The number of aryl methyl sites for hydroxylation is 2. The number of benzene rings is 2. The van der Waals surface area contributed by atoms with Crippen molar-refractivity contribution in [2.75, 3.05) is 7.05 Å². The van der Waals surface area contributed by atoms with E-state index < -0.39 is 5.41 Å². The molecule has 0 aromatic heterocycles. The summed E-state index contributed by atoms with van der Waals surface area (Å²) in [5.74, 6) is 0.230. The van der Waals surface area contributed by atoms with Crippen molar-refractivity contribution in [3.05, 3.63) is 94.6 Å². The van der Waals surface area contributed by atoms with Gasteiger partial charge in [-0.2, -0.15) is 0 Å². The van der Waals surface area contributed by atoms with E-state index in [1.54, 1.807) is 6.92 Å². The zero-order valence-corrected chi connectivity index (χ0v) is 20.3. The quantitative estimate of drug-likeness (QED) is 0.594. The van der Waals surface area contributed by atoms with Crippen molar-refractivity contribution in [3.8, 4) is 0 Å². The van der Waals surface area contributed by atoms with Gasteiger partial charge in [0.1, 0.15) is 5.78 Å². The molecule has 0 radical (unpaired) electrons. The third-order valence-electron chi connectivity index (χ3n) is 5.60. The SMILES string of the molecule is C=CC1=C(C)CC[C@@]1(C(C)=O)c1cccc(C)c1C.CC.CN.Cc1ccccc1. The lowest BCUT2D eigenvalue weighted by Crippen LogP contribution is -2.34. The Morgan fingerprint density at radius 1 is 0.967 bits per heavy atom. The third-order valence-corrected chi connectivity index (χ3v) is 5.60. The summed E-state index contributed by atoms with van der Waals surface area (Å²) in [6.45, 7) is 18.1. The molecular formula is C28H41NO. The van der Waals surface area contributed by atoms with Gasteiger partial charge in [-0.3, -0.25) is 4.79 Å². The molecule has 0 saturated carbocycles. The number of carbonyl (C=O) groups is 1. The number of Topliss-reactive ketones (excluding diaryl/α,β-unsaturated/α-hetero) is 1. The van der Waals surface area contributed by atoms with Crippen molar-refractivity contribution in [1.82, 2.24) is 0 Å². The minimum atomic E-state index is -0.470. The van der Waals surface area contributed by atoms with Gasteiger partial charge >= 0.3 is 0 Å². The fourth-order valence-corrected chi connectivity index (χ4v) is 3.94. The summed E-state index contributed by atoms with van der Waals surface area (Å²) in [6.07, 6.45) is 3.74. The van der Waals surface area contributed by atoms with Crippen molar-refractivity contribution in [1.29, 1.82) is 0 Å². The van der Waals surface area contributed by atoms with Gasteiger partial charge in [-0.1, -0.05) is 86.2 Å². The molecule has 1 aliphatic carbocycles.